The molecule has 0 saturated carbocycles. The second-order valence-electron chi connectivity index (χ2n) is 3.44. The van der Waals surface area contributed by atoms with Gasteiger partial charge >= 0.3 is 0 Å². The van der Waals surface area contributed by atoms with E-state index in [1.807, 2.05) is 28.7 Å². The van der Waals surface area contributed by atoms with Gasteiger partial charge in [-0.3, -0.25) is 9.36 Å². The molecule has 2 aromatic heterocycles. The smallest absolute Gasteiger partial charge is 0.268 e. The number of hydrogen-bond donors (Lipinski definition) is 0. The average molecular weight is 373 g/mol. The molecule has 0 aliphatic rings. The van der Waals surface area contributed by atoms with Crippen LogP contribution >= 0.6 is 34.2 Å². The van der Waals surface area contributed by atoms with Crippen molar-refractivity contribution in [1.82, 2.24) is 14.5 Å². The molecule has 2 aromatic rings. The molecule has 0 fully saturated rings. The molecule has 0 radical (unpaired) electrons. The zero-order valence-electron chi connectivity index (χ0n) is 8.97. The topological polar surface area (TPSA) is 71.6 Å². The minimum atomic E-state index is -0.203. The lowest BCUT2D eigenvalue weighted by Gasteiger charge is -2.06. The summed E-state index contributed by atoms with van der Waals surface area (Å²) in [4.78, 5) is 19.7. The van der Waals surface area contributed by atoms with Gasteiger partial charge in [0.1, 0.15) is 20.5 Å². The lowest BCUT2D eigenvalue weighted by Crippen LogP contribution is -2.23. The van der Waals surface area contributed by atoms with Gasteiger partial charge in [0.05, 0.1) is 12.9 Å². The van der Waals surface area contributed by atoms with Crippen LogP contribution in [-0.4, -0.2) is 14.5 Å². The highest BCUT2D eigenvalue weighted by molar-refractivity contribution is 14.1. The third kappa shape index (κ3) is 2.68. The average Bonchev–Trinajstić information content (AvgIpc) is 2.40. The van der Waals surface area contributed by atoms with Gasteiger partial charge in [-0.05, 0) is 40.3 Å². The maximum absolute atomic E-state index is 11.9. The summed E-state index contributed by atoms with van der Waals surface area (Å²) in [5.41, 5.74) is 0.923. The Balaban J connectivity index is 2.38. The van der Waals surface area contributed by atoms with E-state index >= 15 is 0 Å². The van der Waals surface area contributed by atoms with E-state index in [4.69, 9.17) is 16.9 Å². The first kappa shape index (κ1) is 13.0. The van der Waals surface area contributed by atoms with Crippen LogP contribution in [0.25, 0.3) is 0 Å². The summed E-state index contributed by atoms with van der Waals surface area (Å²) < 4.78 is 1.82. The molecule has 7 heteroatoms. The van der Waals surface area contributed by atoms with Crippen molar-refractivity contribution in [3.8, 4) is 6.07 Å². The molecule has 0 aliphatic heterocycles. The number of hydrogen-bond acceptors (Lipinski definition) is 4. The van der Waals surface area contributed by atoms with Crippen LogP contribution in [0.4, 0.5) is 0 Å². The second kappa shape index (κ2) is 5.46. The van der Waals surface area contributed by atoms with Gasteiger partial charge < -0.3 is 0 Å². The van der Waals surface area contributed by atoms with Crippen LogP contribution in [0.3, 0.4) is 0 Å². The number of nitriles is 1. The van der Waals surface area contributed by atoms with Crippen LogP contribution < -0.4 is 5.56 Å². The quantitative estimate of drug-likeness (QED) is 0.595. The standard InChI is InChI=1S/C11H6ClIN4O/c12-10-9(13)11(18)17(6-16-10)5-7-1-2-15-8(3-7)4-14/h1-3,6H,5H2. The van der Waals surface area contributed by atoms with Crippen molar-refractivity contribution in [2.45, 2.75) is 6.54 Å². The van der Waals surface area contributed by atoms with Crippen molar-refractivity contribution in [1.29, 1.82) is 5.26 Å². The van der Waals surface area contributed by atoms with Crippen LogP contribution in [0, 0.1) is 14.9 Å². The van der Waals surface area contributed by atoms with Crippen molar-refractivity contribution >= 4 is 34.2 Å². The predicted octanol–water partition coefficient (Wildman–Crippen LogP) is 1.82. The molecule has 5 nitrogen and oxygen atoms in total. The van der Waals surface area contributed by atoms with Crippen LogP contribution in [0.5, 0.6) is 0 Å². The fourth-order valence-electron chi connectivity index (χ4n) is 1.39. The Hall–Kier alpha value is -1.46. The predicted molar refractivity (Wildman–Crippen MR) is 74.3 cm³/mol. The van der Waals surface area contributed by atoms with Gasteiger partial charge in [-0.1, -0.05) is 11.6 Å². The van der Waals surface area contributed by atoms with Crippen LogP contribution in [-0.2, 0) is 6.54 Å². The van der Waals surface area contributed by atoms with E-state index in [-0.39, 0.29) is 10.7 Å². The third-order valence-electron chi connectivity index (χ3n) is 2.23. The third-order valence-corrected chi connectivity index (χ3v) is 3.81. The molecule has 0 N–H and O–H groups in total. The lowest BCUT2D eigenvalue weighted by atomic mass is 10.2. The normalized spacial score (nSPS) is 10.1. The van der Waals surface area contributed by atoms with Crippen molar-refractivity contribution in [3.05, 3.63) is 55.0 Å². The molecule has 2 heterocycles. The highest BCUT2D eigenvalue weighted by Gasteiger charge is 2.07. The molecule has 0 spiro atoms. The molecule has 0 aliphatic carbocycles. The molecule has 0 saturated heterocycles. The molecular formula is C11H6ClIN4O. The number of halogens is 2. The van der Waals surface area contributed by atoms with E-state index in [0.717, 1.165) is 5.56 Å². The van der Waals surface area contributed by atoms with Gasteiger partial charge in [0, 0.05) is 6.20 Å². The Morgan fingerprint density at radius 3 is 3.00 bits per heavy atom. The summed E-state index contributed by atoms with van der Waals surface area (Å²) in [5, 5.41) is 8.95. The van der Waals surface area contributed by atoms with Crippen LogP contribution in [0.15, 0.2) is 29.5 Å². The van der Waals surface area contributed by atoms with Crippen molar-refractivity contribution in [2.75, 3.05) is 0 Å². The summed E-state index contributed by atoms with van der Waals surface area (Å²) in [5.74, 6) is 0. The molecule has 0 unspecified atom stereocenters. The Labute approximate surface area is 121 Å². The Bertz CT molecular complexity index is 692. The summed E-state index contributed by atoms with van der Waals surface area (Å²) in [6, 6.07) is 5.33. The first-order valence-corrected chi connectivity index (χ1v) is 6.33. The van der Waals surface area contributed by atoms with Gasteiger partial charge in [-0.15, -0.1) is 0 Å². The molecule has 90 valence electrons. The zero-order valence-corrected chi connectivity index (χ0v) is 11.9. The minimum absolute atomic E-state index is 0.198. The summed E-state index contributed by atoms with van der Waals surface area (Å²) in [6.45, 7) is 0.330. The molecular weight excluding hydrogens is 367 g/mol. The van der Waals surface area contributed by atoms with E-state index in [1.54, 1.807) is 12.1 Å². The summed E-state index contributed by atoms with van der Waals surface area (Å²) in [7, 11) is 0. The van der Waals surface area contributed by atoms with E-state index in [9.17, 15) is 4.79 Å². The summed E-state index contributed by atoms with van der Waals surface area (Å²) >= 11 is 7.61. The maximum atomic E-state index is 11.9. The van der Waals surface area contributed by atoms with Gasteiger partial charge in [0.25, 0.3) is 5.56 Å². The summed E-state index contributed by atoms with van der Waals surface area (Å²) in [6.07, 6.45) is 2.92. The first-order chi connectivity index (χ1) is 8.61. The largest absolute Gasteiger partial charge is 0.294 e. The number of pyridine rings is 1. The molecule has 2 rings (SSSR count). The van der Waals surface area contributed by atoms with Crippen molar-refractivity contribution in [2.24, 2.45) is 0 Å². The van der Waals surface area contributed by atoms with E-state index in [2.05, 4.69) is 9.97 Å². The maximum Gasteiger partial charge on any atom is 0.268 e. The fourth-order valence-corrected chi connectivity index (χ4v) is 1.96. The van der Waals surface area contributed by atoms with Gasteiger partial charge in [-0.25, -0.2) is 9.97 Å². The van der Waals surface area contributed by atoms with E-state index < -0.39 is 0 Å². The highest BCUT2D eigenvalue weighted by Crippen LogP contribution is 2.10. The second-order valence-corrected chi connectivity index (χ2v) is 4.88. The lowest BCUT2D eigenvalue weighted by molar-refractivity contribution is 0.729. The van der Waals surface area contributed by atoms with Crippen molar-refractivity contribution in [3.63, 3.8) is 0 Å². The van der Waals surface area contributed by atoms with Crippen molar-refractivity contribution < 1.29 is 0 Å². The van der Waals surface area contributed by atoms with E-state index in [1.165, 1.54) is 17.1 Å². The number of aromatic nitrogens is 3. The van der Waals surface area contributed by atoms with Crippen LogP contribution in [0.1, 0.15) is 11.3 Å². The highest BCUT2D eigenvalue weighted by atomic mass is 127. The molecule has 18 heavy (non-hydrogen) atoms. The van der Waals surface area contributed by atoms with Gasteiger partial charge in [-0.2, -0.15) is 5.26 Å². The van der Waals surface area contributed by atoms with E-state index in [0.29, 0.717) is 15.8 Å². The Morgan fingerprint density at radius 1 is 1.50 bits per heavy atom. The molecule has 0 amide bonds. The SMILES string of the molecule is N#Cc1cc(Cn2cnc(Cl)c(I)c2=O)ccn1. The number of rotatable bonds is 2. The fraction of sp³-hybridized carbons (Fsp3) is 0.0909. The van der Waals surface area contributed by atoms with Gasteiger partial charge in [0.2, 0.25) is 0 Å². The first-order valence-electron chi connectivity index (χ1n) is 4.87. The minimum Gasteiger partial charge on any atom is -0.294 e. The monoisotopic (exact) mass is 372 g/mol. The number of nitrogens with zero attached hydrogens (tertiary/aromatic N) is 4. The molecule has 0 bridgehead atoms. The molecule has 0 aromatic carbocycles. The van der Waals surface area contributed by atoms with Crippen LogP contribution in [0.2, 0.25) is 5.15 Å². The molecule has 0 atom stereocenters. The van der Waals surface area contributed by atoms with Gasteiger partial charge in [0.15, 0.2) is 0 Å². The zero-order chi connectivity index (χ0) is 13.1. The Morgan fingerprint density at radius 2 is 2.28 bits per heavy atom. The Kier molecular flexibility index (Phi) is 3.93.